The number of nitrogens with zero attached hydrogens (tertiary/aromatic N) is 2. The van der Waals surface area contributed by atoms with Gasteiger partial charge in [0.1, 0.15) is 11.9 Å². The summed E-state index contributed by atoms with van der Waals surface area (Å²) in [5.74, 6) is 0.612. The van der Waals surface area contributed by atoms with Gasteiger partial charge in [-0.2, -0.15) is 0 Å². The van der Waals surface area contributed by atoms with Crippen molar-refractivity contribution in [2.24, 2.45) is 0 Å². The fraction of sp³-hybridized carbons (Fsp3) is 0.300. The van der Waals surface area contributed by atoms with Crippen LogP contribution in [0.3, 0.4) is 0 Å². The highest BCUT2D eigenvalue weighted by Gasteiger charge is 2.28. The van der Waals surface area contributed by atoms with Crippen LogP contribution in [-0.2, 0) is 11.2 Å². The third-order valence-corrected chi connectivity index (χ3v) is 6.32. The predicted octanol–water partition coefficient (Wildman–Crippen LogP) is 6.08. The van der Waals surface area contributed by atoms with Crippen LogP contribution in [-0.4, -0.2) is 21.5 Å². The van der Waals surface area contributed by atoms with Crippen molar-refractivity contribution in [1.82, 2.24) is 14.9 Å². The average molecular weight is 457 g/mol. The Morgan fingerprint density at radius 3 is 2.43 bits per heavy atom. The topological polar surface area (TPSA) is 46.9 Å². The summed E-state index contributed by atoms with van der Waals surface area (Å²) in [6.07, 6.45) is 2.42. The van der Waals surface area contributed by atoms with Crippen LogP contribution in [0, 0.1) is 0 Å². The Labute approximate surface area is 182 Å². The molecule has 0 saturated heterocycles. The van der Waals surface area contributed by atoms with E-state index in [2.05, 4.69) is 5.32 Å². The van der Waals surface area contributed by atoms with E-state index in [1.54, 1.807) is 30.3 Å². The molecule has 0 radical (unpaired) electrons. The van der Waals surface area contributed by atoms with Crippen LogP contribution in [0.1, 0.15) is 37.2 Å². The molecule has 2 aromatic carbocycles. The average Bonchev–Trinajstić information content (AvgIpc) is 3.39. The molecule has 1 aliphatic carbocycles. The summed E-state index contributed by atoms with van der Waals surface area (Å²) in [6, 6.07) is 8.61. The van der Waals surface area contributed by atoms with E-state index in [-0.39, 0.29) is 11.9 Å². The number of carbonyl (C=O) groups excluding carboxylic acids is 1. The van der Waals surface area contributed by atoms with Gasteiger partial charge in [-0.05, 0) is 49.6 Å². The Morgan fingerprint density at radius 1 is 1.14 bits per heavy atom. The lowest BCUT2D eigenvalue weighted by Gasteiger charge is -2.18. The molecule has 0 spiro atoms. The van der Waals surface area contributed by atoms with Gasteiger partial charge < -0.3 is 9.88 Å². The number of amides is 1. The molecule has 8 heteroatoms. The minimum Gasteiger partial charge on any atom is -0.352 e. The molecule has 3 aromatic rings. The zero-order chi connectivity index (χ0) is 20.0. The van der Waals surface area contributed by atoms with E-state index in [1.807, 2.05) is 11.5 Å². The SMILES string of the molecule is C[C@H](C(=O)NC1CC1)n1c(Cc2c(Cl)cccc2Cl)nc2cc(Cl)c(Cl)cc21. The quantitative estimate of drug-likeness (QED) is 0.505. The molecule has 146 valence electrons. The van der Waals surface area contributed by atoms with Crippen LogP contribution in [0.25, 0.3) is 11.0 Å². The van der Waals surface area contributed by atoms with Crippen molar-refractivity contribution in [3.63, 3.8) is 0 Å². The van der Waals surface area contributed by atoms with Crippen molar-refractivity contribution in [2.45, 2.75) is 38.3 Å². The molecular formula is C20H17Cl4N3O. The number of nitrogens with one attached hydrogen (secondary N) is 1. The number of benzene rings is 2. The van der Waals surface area contributed by atoms with E-state index in [0.717, 1.165) is 23.9 Å². The van der Waals surface area contributed by atoms with Crippen LogP contribution >= 0.6 is 46.4 Å². The molecule has 0 aliphatic heterocycles. The molecule has 1 atom stereocenters. The van der Waals surface area contributed by atoms with Crippen LogP contribution in [0.15, 0.2) is 30.3 Å². The summed E-state index contributed by atoms with van der Waals surface area (Å²) in [5, 5.41) is 4.98. The summed E-state index contributed by atoms with van der Waals surface area (Å²) in [4.78, 5) is 17.5. The van der Waals surface area contributed by atoms with Crippen molar-refractivity contribution >= 4 is 63.3 Å². The second-order valence-corrected chi connectivity index (χ2v) is 8.62. The second kappa shape index (κ2) is 7.75. The van der Waals surface area contributed by atoms with Gasteiger partial charge in [-0.1, -0.05) is 52.5 Å². The van der Waals surface area contributed by atoms with E-state index in [4.69, 9.17) is 51.4 Å². The molecule has 1 amide bonds. The standard InChI is InChI=1S/C20H17Cl4N3O/c1-10(20(28)25-11-5-6-11)27-18-9-16(24)15(23)8-17(18)26-19(27)7-12-13(21)3-2-4-14(12)22/h2-4,8-11H,5-7H2,1H3,(H,25,28)/t10-/m1/s1. The van der Waals surface area contributed by atoms with Crippen LogP contribution < -0.4 is 5.32 Å². The molecule has 1 fully saturated rings. The first-order valence-corrected chi connectivity index (χ1v) is 10.5. The third-order valence-electron chi connectivity index (χ3n) is 4.89. The van der Waals surface area contributed by atoms with Crippen molar-refractivity contribution < 1.29 is 4.79 Å². The lowest BCUT2D eigenvalue weighted by atomic mass is 10.1. The van der Waals surface area contributed by atoms with E-state index < -0.39 is 6.04 Å². The minimum atomic E-state index is -0.473. The van der Waals surface area contributed by atoms with Crippen molar-refractivity contribution in [2.75, 3.05) is 0 Å². The Bertz CT molecular complexity index is 1050. The Balaban J connectivity index is 1.83. The van der Waals surface area contributed by atoms with Gasteiger partial charge >= 0.3 is 0 Å². The zero-order valence-electron chi connectivity index (χ0n) is 15.0. The number of carbonyl (C=O) groups is 1. The number of aromatic nitrogens is 2. The van der Waals surface area contributed by atoms with Gasteiger partial charge in [-0.15, -0.1) is 0 Å². The summed E-state index contributed by atoms with van der Waals surface area (Å²) >= 11 is 25.1. The van der Waals surface area contributed by atoms with Crippen molar-refractivity contribution in [1.29, 1.82) is 0 Å². The van der Waals surface area contributed by atoms with Gasteiger partial charge in [0.05, 0.1) is 21.1 Å². The molecule has 28 heavy (non-hydrogen) atoms. The first-order valence-electron chi connectivity index (χ1n) is 8.94. The lowest BCUT2D eigenvalue weighted by Crippen LogP contribution is -2.33. The largest absolute Gasteiger partial charge is 0.352 e. The number of halogens is 4. The maximum absolute atomic E-state index is 12.8. The van der Waals surface area contributed by atoms with Gasteiger partial charge in [0, 0.05) is 22.5 Å². The summed E-state index contributed by atoms with van der Waals surface area (Å²) in [6.45, 7) is 1.85. The van der Waals surface area contributed by atoms with Crippen LogP contribution in [0.2, 0.25) is 20.1 Å². The van der Waals surface area contributed by atoms with Gasteiger partial charge in [-0.25, -0.2) is 4.98 Å². The zero-order valence-corrected chi connectivity index (χ0v) is 18.0. The lowest BCUT2D eigenvalue weighted by molar-refractivity contribution is -0.124. The number of fused-ring (bicyclic) bond motifs is 1. The highest BCUT2D eigenvalue weighted by atomic mass is 35.5. The second-order valence-electron chi connectivity index (χ2n) is 6.99. The van der Waals surface area contributed by atoms with Crippen molar-refractivity contribution in [3.05, 3.63) is 61.8 Å². The van der Waals surface area contributed by atoms with Gasteiger partial charge in [0.2, 0.25) is 5.91 Å². The van der Waals surface area contributed by atoms with Crippen molar-refractivity contribution in [3.8, 4) is 0 Å². The molecule has 1 heterocycles. The minimum absolute atomic E-state index is 0.0561. The highest BCUT2D eigenvalue weighted by Crippen LogP contribution is 2.33. The molecule has 1 N–H and O–H groups in total. The summed E-state index contributed by atoms with van der Waals surface area (Å²) in [5.41, 5.74) is 2.17. The van der Waals surface area contributed by atoms with Crippen LogP contribution in [0.4, 0.5) is 0 Å². The summed E-state index contributed by atoms with van der Waals surface area (Å²) in [7, 11) is 0. The number of hydrogen-bond acceptors (Lipinski definition) is 2. The van der Waals surface area contributed by atoms with Crippen LogP contribution in [0.5, 0.6) is 0 Å². The molecule has 1 aromatic heterocycles. The fourth-order valence-electron chi connectivity index (χ4n) is 3.22. The molecule has 4 nitrogen and oxygen atoms in total. The van der Waals surface area contributed by atoms with Gasteiger partial charge in [0.15, 0.2) is 0 Å². The fourth-order valence-corrected chi connectivity index (χ4v) is 4.07. The Morgan fingerprint density at radius 2 is 1.79 bits per heavy atom. The molecule has 0 unspecified atom stereocenters. The predicted molar refractivity (Wildman–Crippen MR) is 115 cm³/mol. The maximum atomic E-state index is 12.8. The van der Waals surface area contributed by atoms with E-state index in [0.29, 0.717) is 37.9 Å². The number of rotatable bonds is 5. The first kappa shape index (κ1) is 19.8. The Hall–Kier alpha value is -1.46. The normalized spacial score (nSPS) is 15.0. The highest BCUT2D eigenvalue weighted by molar-refractivity contribution is 6.42. The monoisotopic (exact) mass is 455 g/mol. The van der Waals surface area contributed by atoms with Gasteiger partial charge in [0.25, 0.3) is 0 Å². The number of hydrogen-bond donors (Lipinski definition) is 1. The molecule has 1 saturated carbocycles. The smallest absolute Gasteiger partial charge is 0.243 e. The molecule has 0 bridgehead atoms. The van der Waals surface area contributed by atoms with E-state index >= 15 is 0 Å². The molecular weight excluding hydrogens is 440 g/mol. The first-order chi connectivity index (χ1) is 13.3. The number of imidazole rings is 1. The van der Waals surface area contributed by atoms with Gasteiger partial charge in [-0.3, -0.25) is 4.79 Å². The van der Waals surface area contributed by atoms with E-state index in [1.165, 1.54) is 0 Å². The Kier molecular flexibility index (Phi) is 5.49. The molecule has 1 aliphatic rings. The van der Waals surface area contributed by atoms with E-state index in [9.17, 15) is 4.79 Å². The maximum Gasteiger partial charge on any atom is 0.243 e. The summed E-state index contributed by atoms with van der Waals surface area (Å²) < 4.78 is 1.88. The third kappa shape index (κ3) is 3.84. The molecule has 4 rings (SSSR count).